The highest BCUT2D eigenvalue weighted by atomic mass is 35.5. The molecule has 2 rings (SSSR count). The molecule has 0 aliphatic heterocycles. The maximum Gasteiger partial charge on any atom is 0.309 e. The van der Waals surface area contributed by atoms with Crippen LogP contribution in [0.5, 0.6) is 11.5 Å². The highest BCUT2D eigenvalue weighted by Crippen LogP contribution is 2.39. The number of carbonyl (C=O) groups excluding carboxylic acids is 1. The smallest absolute Gasteiger partial charge is 0.309 e. The summed E-state index contributed by atoms with van der Waals surface area (Å²) in [6, 6.07) is 3.62. The summed E-state index contributed by atoms with van der Waals surface area (Å²) in [7, 11) is 3.19. The number of ether oxygens (including phenoxy) is 3. The Bertz CT molecular complexity index is 507. The lowest BCUT2D eigenvalue weighted by molar-refractivity contribution is -0.148. The van der Waals surface area contributed by atoms with Crippen molar-refractivity contribution in [3.8, 4) is 11.5 Å². The summed E-state index contributed by atoms with van der Waals surface area (Å²) in [5.74, 6) is 0.957. The summed E-state index contributed by atoms with van der Waals surface area (Å²) in [4.78, 5) is 11.9. The zero-order valence-electron chi connectivity index (χ0n) is 12.5. The number of rotatable bonds is 4. The number of hydrogen-bond donors (Lipinski definition) is 1. The molecule has 0 saturated heterocycles. The van der Waals surface area contributed by atoms with Crippen molar-refractivity contribution in [2.24, 2.45) is 11.7 Å². The Morgan fingerprint density at radius 2 is 1.90 bits per heavy atom. The Morgan fingerprint density at radius 3 is 2.48 bits per heavy atom. The maximum absolute atomic E-state index is 11.9. The normalized spacial score (nSPS) is 20.0. The van der Waals surface area contributed by atoms with E-state index in [1.165, 1.54) is 0 Å². The van der Waals surface area contributed by atoms with Gasteiger partial charge in [-0.15, -0.1) is 12.4 Å². The van der Waals surface area contributed by atoms with Gasteiger partial charge in [0.25, 0.3) is 0 Å². The number of methoxy groups -OCH3 is 2. The van der Waals surface area contributed by atoms with Crippen LogP contribution in [-0.4, -0.2) is 26.8 Å². The first-order valence-corrected chi connectivity index (χ1v) is 6.77. The third-order valence-electron chi connectivity index (χ3n) is 3.67. The van der Waals surface area contributed by atoms with E-state index in [2.05, 4.69) is 0 Å². The van der Waals surface area contributed by atoms with Gasteiger partial charge in [0.15, 0.2) is 11.5 Å². The van der Waals surface area contributed by atoms with Crippen molar-refractivity contribution < 1.29 is 19.0 Å². The monoisotopic (exact) mass is 315 g/mol. The largest absolute Gasteiger partial charge is 0.493 e. The van der Waals surface area contributed by atoms with E-state index in [1.807, 2.05) is 19.1 Å². The number of hydrogen-bond acceptors (Lipinski definition) is 5. The maximum atomic E-state index is 11.9. The molecule has 0 amide bonds. The van der Waals surface area contributed by atoms with E-state index in [0.29, 0.717) is 30.9 Å². The van der Waals surface area contributed by atoms with E-state index in [4.69, 9.17) is 19.9 Å². The average Bonchev–Trinajstić information content (AvgIpc) is 2.46. The van der Waals surface area contributed by atoms with Crippen LogP contribution >= 0.6 is 12.4 Å². The number of fused-ring (bicyclic) bond motifs is 1. The molecule has 0 spiro atoms. The number of benzene rings is 1. The van der Waals surface area contributed by atoms with Crippen LogP contribution in [0.15, 0.2) is 12.1 Å². The van der Waals surface area contributed by atoms with Gasteiger partial charge in [0.05, 0.1) is 26.7 Å². The van der Waals surface area contributed by atoms with Gasteiger partial charge in [-0.05, 0) is 43.0 Å². The minimum absolute atomic E-state index is 0. The summed E-state index contributed by atoms with van der Waals surface area (Å²) in [5.41, 5.74) is 8.23. The molecule has 118 valence electrons. The molecule has 1 aromatic rings. The molecule has 0 unspecified atom stereocenters. The fraction of sp³-hybridized carbons (Fsp3) is 0.533. The molecule has 0 heterocycles. The van der Waals surface area contributed by atoms with E-state index in [-0.39, 0.29) is 30.3 Å². The molecular weight excluding hydrogens is 294 g/mol. The van der Waals surface area contributed by atoms with Gasteiger partial charge >= 0.3 is 5.97 Å². The molecule has 21 heavy (non-hydrogen) atoms. The van der Waals surface area contributed by atoms with Gasteiger partial charge in [-0.1, -0.05) is 0 Å². The lowest BCUT2D eigenvalue weighted by Crippen LogP contribution is -2.30. The van der Waals surface area contributed by atoms with Gasteiger partial charge in [0.2, 0.25) is 0 Å². The van der Waals surface area contributed by atoms with Crippen molar-refractivity contribution in [1.82, 2.24) is 0 Å². The van der Waals surface area contributed by atoms with Gasteiger partial charge < -0.3 is 19.9 Å². The standard InChI is InChI=1S/C15H21NO4.ClH/c1-4-20-15(17)10-5-9-7-13(18-2)14(19-3)8-11(9)12(16)6-10;/h7-8,10,12H,4-6,16H2,1-3H3;1H/t10-,12+;/m0./s1. The summed E-state index contributed by atoms with van der Waals surface area (Å²) >= 11 is 0. The van der Waals surface area contributed by atoms with Gasteiger partial charge in [-0.3, -0.25) is 4.79 Å². The van der Waals surface area contributed by atoms with E-state index in [1.54, 1.807) is 14.2 Å². The van der Waals surface area contributed by atoms with Crippen LogP contribution in [0.4, 0.5) is 0 Å². The lowest BCUT2D eigenvalue weighted by Gasteiger charge is -2.29. The molecule has 0 fully saturated rings. The zero-order valence-corrected chi connectivity index (χ0v) is 13.4. The number of halogens is 1. The molecule has 1 aliphatic rings. The zero-order chi connectivity index (χ0) is 14.7. The Labute approximate surface area is 131 Å². The third kappa shape index (κ3) is 3.60. The van der Waals surface area contributed by atoms with Crippen molar-refractivity contribution in [1.29, 1.82) is 0 Å². The fourth-order valence-electron chi connectivity index (χ4n) is 2.68. The van der Waals surface area contributed by atoms with E-state index in [0.717, 1.165) is 11.1 Å². The van der Waals surface area contributed by atoms with Crippen molar-refractivity contribution in [3.63, 3.8) is 0 Å². The van der Waals surface area contributed by atoms with Gasteiger partial charge in [-0.2, -0.15) is 0 Å². The van der Waals surface area contributed by atoms with Crippen LogP contribution in [-0.2, 0) is 16.0 Å². The number of nitrogens with two attached hydrogens (primary N) is 1. The Balaban J connectivity index is 0.00000220. The first-order chi connectivity index (χ1) is 9.60. The Morgan fingerprint density at radius 1 is 1.29 bits per heavy atom. The highest BCUT2D eigenvalue weighted by molar-refractivity contribution is 5.85. The van der Waals surface area contributed by atoms with E-state index in [9.17, 15) is 4.79 Å². The summed E-state index contributed by atoms with van der Waals surface area (Å²) in [6.45, 7) is 2.20. The second-order valence-electron chi connectivity index (χ2n) is 4.90. The van der Waals surface area contributed by atoms with E-state index >= 15 is 0 Å². The van der Waals surface area contributed by atoms with Crippen LogP contribution < -0.4 is 15.2 Å². The van der Waals surface area contributed by atoms with Crippen molar-refractivity contribution in [2.45, 2.75) is 25.8 Å². The predicted octanol–water partition coefficient (Wildman–Crippen LogP) is 2.25. The minimum Gasteiger partial charge on any atom is -0.493 e. The van der Waals surface area contributed by atoms with Gasteiger partial charge in [-0.25, -0.2) is 0 Å². The first-order valence-electron chi connectivity index (χ1n) is 6.77. The topological polar surface area (TPSA) is 70.8 Å². The summed E-state index contributed by atoms with van der Waals surface area (Å²) in [5, 5.41) is 0. The third-order valence-corrected chi connectivity index (χ3v) is 3.67. The molecule has 2 atom stereocenters. The molecule has 5 nitrogen and oxygen atoms in total. The number of carbonyl (C=O) groups is 1. The second kappa shape index (κ2) is 7.52. The average molecular weight is 316 g/mol. The molecule has 6 heteroatoms. The molecule has 0 saturated carbocycles. The summed E-state index contributed by atoms with van der Waals surface area (Å²) < 4.78 is 15.7. The minimum atomic E-state index is -0.187. The summed E-state index contributed by atoms with van der Waals surface area (Å²) in [6.07, 6.45) is 1.23. The molecule has 1 aromatic carbocycles. The number of esters is 1. The highest BCUT2D eigenvalue weighted by Gasteiger charge is 2.31. The SMILES string of the molecule is CCOC(=O)[C@H]1Cc2cc(OC)c(OC)cc2[C@H](N)C1.Cl. The van der Waals surface area contributed by atoms with Crippen LogP contribution in [0.3, 0.4) is 0 Å². The molecule has 0 bridgehead atoms. The van der Waals surface area contributed by atoms with Crippen LogP contribution in [0, 0.1) is 5.92 Å². The quantitative estimate of drug-likeness (QED) is 0.863. The van der Waals surface area contributed by atoms with Crippen molar-refractivity contribution in [3.05, 3.63) is 23.3 Å². The molecule has 2 N–H and O–H groups in total. The lowest BCUT2D eigenvalue weighted by atomic mass is 9.81. The predicted molar refractivity (Wildman–Crippen MR) is 82.2 cm³/mol. The first kappa shape index (κ1) is 17.6. The van der Waals surface area contributed by atoms with Crippen molar-refractivity contribution in [2.75, 3.05) is 20.8 Å². The van der Waals surface area contributed by atoms with Crippen LogP contribution in [0.1, 0.15) is 30.5 Å². The fourth-order valence-corrected chi connectivity index (χ4v) is 2.68. The van der Waals surface area contributed by atoms with E-state index < -0.39 is 0 Å². The Hall–Kier alpha value is -1.46. The van der Waals surface area contributed by atoms with Gasteiger partial charge in [0.1, 0.15) is 0 Å². The molecule has 0 aromatic heterocycles. The molecule has 0 radical (unpaired) electrons. The van der Waals surface area contributed by atoms with Gasteiger partial charge in [0, 0.05) is 6.04 Å². The molecular formula is C15H22ClNO4. The molecule has 1 aliphatic carbocycles. The van der Waals surface area contributed by atoms with Crippen molar-refractivity contribution >= 4 is 18.4 Å². The van der Waals surface area contributed by atoms with Crippen LogP contribution in [0.2, 0.25) is 0 Å². The second-order valence-corrected chi connectivity index (χ2v) is 4.90. The Kier molecular flexibility index (Phi) is 6.30. The van der Waals surface area contributed by atoms with Crippen LogP contribution in [0.25, 0.3) is 0 Å².